The third kappa shape index (κ3) is 2.27. The number of carboxylic acid groups (broad SMARTS) is 1. The predicted octanol–water partition coefficient (Wildman–Crippen LogP) is 2.01. The minimum Gasteiger partial charge on any atom is -0.483 e. The van der Waals surface area contributed by atoms with Gasteiger partial charge in [-0.15, -0.1) is 11.3 Å². The number of thiophene rings is 1. The van der Waals surface area contributed by atoms with E-state index < -0.39 is 0 Å². The summed E-state index contributed by atoms with van der Waals surface area (Å²) in [6.45, 7) is -0.250. The Bertz CT molecular complexity index is 518. The van der Waals surface area contributed by atoms with Gasteiger partial charge in [0.05, 0.1) is 16.5 Å². The second kappa shape index (κ2) is 5.02. The Hall–Kier alpha value is -2.00. The van der Waals surface area contributed by atoms with Crippen LogP contribution in [0.5, 0.6) is 0 Å². The van der Waals surface area contributed by atoms with E-state index in [9.17, 15) is 4.39 Å². The van der Waals surface area contributed by atoms with Gasteiger partial charge in [0.25, 0.3) is 6.47 Å². The van der Waals surface area contributed by atoms with Gasteiger partial charge < -0.3 is 5.11 Å². The predicted molar refractivity (Wildman–Crippen MR) is 53.0 cm³/mol. The van der Waals surface area contributed by atoms with Crippen molar-refractivity contribution in [2.75, 3.05) is 0 Å². The molecule has 76 valence electrons. The zero-order valence-corrected chi connectivity index (χ0v) is 8.16. The Morgan fingerprint density at radius 1 is 1.60 bits per heavy atom. The Balaban J connectivity index is 0.000000337. The van der Waals surface area contributed by atoms with Crippen LogP contribution in [0.15, 0.2) is 17.8 Å². The lowest BCUT2D eigenvalue weighted by atomic mass is 10.2. The summed E-state index contributed by atoms with van der Waals surface area (Å²) in [4.78, 5) is 12.0. The number of aromatic nitrogens is 1. The average molecular weight is 224 g/mol. The lowest BCUT2D eigenvalue weighted by molar-refractivity contribution is -0.122. The Morgan fingerprint density at radius 3 is 2.87 bits per heavy atom. The normalized spacial score (nSPS) is 8.80. The fourth-order valence-corrected chi connectivity index (χ4v) is 1.87. The van der Waals surface area contributed by atoms with Crippen molar-refractivity contribution in [3.8, 4) is 6.07 Å². The topological polar surface area (TPSA) is 74.0 Å². The number of rotatable bonds is 0. The molecule has 0 aliphatic carbocycles. The van der Waals surface area contributed by atoms with E-state index in [1.807, 2.05) is 6.07 Å². The summed E-state index contributed by atoms with van der Waals surface area (Å²) in [6.07, 6.45) is 2.66. The monoisotopic (exact) mass is 224 g/mol. The molecule has 0 atom stereocenters. The van der Waals surface area contributed by atoms with Crippen molar-refractivity contribution in [1.82, 2.24) is 4.98 Å². The van der Waals surface area contributed by atoms with E-state index in [1.54, 1.807) is 5.38 Å². The SMILES string of the molecule is N#Cc1csc2c(F)cncc12.O=CO. The number of halogens is 1. The summed E-state index contributed by atoms with van der Waals surface area (Å²) in [7, 11) is 0. The first-order chi connectivity index (χ1) is 7.24. The third-order valence-electron chi connectivity index (χ3n) is 1.56. The summed E-state index contributed by atoms with van der Waals surface area (Å²) in [5, 5.41) is 17.7. The second-order valence-electron chi connectivity index (χ2n) is 2.36. The van der Waals surface area contributed by atoms with Crippen LogP contribution in [0.1, 0.15) is 5.56 Å². The first-order valence-corrected chi connectivity index (χ1v) is 4.61. The van der Waals surface area contributed by atoms with Crippen LogP contribution in [0.25, 0.3) is 10.1 Å². The van der Waals surface area contributed by atoms with Crippen LogP contribution in [0.2, 0.25) is 0 Å². The third-order valence-corrected chi connectivity index (χ3v) is 2.56. The smallest absolute Gasteiger partial charge is 0.290 e. The van der Waals surface area contributed by atoms with Gasteiger partial charge in [-0.1, -0.05) is 0 Å². The summed E-state index contributed by atoms with van der Waals surface area (Å²) >= 11 is 1.23. The van der Waals surface area contributed by atoms with E-state index in [2.05, 4.69) is 4.98 Å². The van der Waals surface area contributed by atoms with Crippen molar-refractivity contribution in [2.24, 2.45) is 0 Å². The van der Waals surface area contributed by atoms with Gasteiger partial charge in [0.2, 0.25) is 0 Å². The van der Waals surface area contributed by atoms with Crippen molar-refractivity contribution >= 4 is 27.9 Å². The highest BCUT2D eigenvalue weighted by Gasteiger charge is 2.06. The number of fused-ring (bicyclic) bond motifs is 1. The molecule has 0 aliphatic heterocycles. The van der Waals surface area contributed by atoms with E-state index in [0.29, 0.717) is 15.6 Å². The minimum absolute atomic E-state index is 0.250. The summed E-state index contributed by atoms with van der Waals surface area (Å²) in [6, 6.07) is 1.98. The van der Waals surface area contributed by atoms with Crippen LogP contribution in [-0.2, 0) is 4.79 Å². The maximum Gasteiger partial charge on any atom is 0.290 e. The van der Waals surface area contributed by atoms with E-state index >= 15 is 0 Å². The van der Waals surface area contributed by atoms with Gasteiger partial charge in [0.1, 0.15) is 6.07 Å². The molecule has 4 nitrogen and oxygen atoms in total. The molecule has 6 heteroatoms. The maximum atomic E-state index is 13.0. The molecule has 0 unspecified atom stereocenters. The van der Waals surface area contributed by atoms with E-state index in [4.69, 9.17) is 15.2 Å². The highest BCUT2D eigenvalue weighted by molar-refractivity contribution is 7.17. The fraction of sp³-hybridized carbons (Fsp3) is 0. The van der Waals surface area contributed by atoms with E-state index in [-0.39, 0.29) is 12.3 Å². The molecule has 1 N–H and O–H groups in total. The minimum atomic E-state index is -0.362. The standard InChI is InChI=1S/C8H3FN2S.CH2O2/c9-7-3-11-2-6-5(1-10)4-12-8(6)7;2-1-3/h2-4H;1H,(H,2,3). The van der Waals surface area contributed by atoms with Crippen LogP contribution in [0.4, 0.5) is 4.39 Å². The number of hydrogen-bond donors (Lipinski definition) is 1. The number of pyridine rings is 1. The van der Waals surface area contributed by atoms with Gasteiger partial charge in [-0.25, -0.2) is 4.39 Å². The first kappa shape index (κ1) is 11.1. The maximum absolute atomic E-state index is 13.0. The number of nitriles is 1. The number of carbonyl (C=O) groups is 1. The quantitative estimate of drug-likeness (QED) is 0.694. The van der Waals surface area contributed by atoms with Gasteiger partial charge in [-0.05, 0) is 0 Å². The fourth-order valence-electron chi connectivity index (χ4n) is 1.00. The molecule has 0 radical (unpaired) electrons. The molecule has 2 heterocycles. The lowest BCUT2D eigenvalue weighted by Crippen LogP contribution is -1.77. The van der Waals surface area contributed by atoms with E-state index in [1.165, 1.54) is 17.5 Å². The summed E-state index contributed by atoms with van der Waals surface area (Å²) in [5.41, 5.74) is 0.488. The number of hydrogen-bond acceptors (Lipinski definition) is 4. The average Bonchev–Trinajstić information content (AvgIpc) is 2.63. The number of nitrogens with zero attached hydrogens (tertiary/aromatic N) is 2. The molecular formula is C9H5FN2O2S. The molecule has 0 aromatic carbocycles. The molecule has 0 saturated heterocycles. The molecule has 0 amide bonds. The first-order valence-electron chi connectivity index (χ1n) is 3.73. The highest BCUT2D eigenvalue weighted by atomic mass is 32.1. The van der Waals surface area contributed by atoms with Gasteiger partial charge >= 0.3 is 0 Å². The summed E-state index contributed by atoms with van der Waals surface area (Å²) < 4.78 is 13.5. The Labute approximate surface area is 88.2 Å². The molecule has 0 spiro atoms. The lowest BCUT2D eigenvalue weighted by Gasteiger charge is -1.88. The molecule has 2 aromatic rings. The molecule has 2 aromatic heterocycles. The second-order valence-corrected chi connectivity index (χ2v) is 3.24. The van der Waals surface area contributed by atoms with Crippen molar-refractivity contribution < 1.29 is 14.3 Å². The largest absolute Gasteiger partial charge is 0.483 e. The van der Waals surface area contributed by atoms with Crippen molar-refractivity contribution in [2.45, 2.75) is 0 Å². The molecule has 15 heavy (non-hydrogen) atoms. The van der Waals surface area contributed by atoms with Crippen LogP contribution in [-0.4, -0.2) is 16.6 Å². The van der Waals surface area contributed by atoms with Crippen LogP contribution in [0.3, 0.4) is 0 Å². The Kier molecular flexibility index (Phi) is 3.71. The molecule has 0 bridgehead atoms. The molecular weight excluding hydrogens is 219 g/mol. The van der Waals surface area contributed by atoms with Crippen LogP contribution >= 0.6 is 11.3 Å². The van der Waals surface area contributed by atoms with Crippen molar-refractivity contribution in [3.05, 3.63) is 29.2 Å². The zero-order chi connectivity index (χ0) is 11.3. The molecule has 0 aliphatic rings. The van der Waals surface area contributed by atoms with E-state index in [0.717, 1.165) is 6.20 Å². The molecule has 0 saturated carbocycles. The molecule has 2 rings (SSSR count). The highest BCUT2D eigenvalue weighted by Crippen LogP contribution is 2.26. The van der Waals surface area contributed by atoms with Crippen molar-refractivity contribution in [1.29, 1.82) is 5.26 Å². The Morgan fingerprint density at radius 2 is 2.27 bits per heavy atom. The zero-order valence-electron chi connectivity index (χ0n) is 7.35. The van der Waals surface area contributed by atoms with Crippen LogP contribution in [0, 0.1) is 17.1 Å². The van der Waals surface area contributed by atoms with Gasteiger partial charge in [-0.3, -0.25) is 9.78 Å². The van der Waals surface area contributed by atoms with Gasteiger partial charge in [0.15, 0.2) is 5.82 Å². The van der Waals surface area contributed by atoms with Gasteiger partial charge in [-0.2, -0.15) is 5.26 Å². The van der Waals surface area contributed by atoms with Gasteiger partial charge in [0, 0.05) is 17.0 Å². The van der Waals surface area contributed by atoms with Crippen molar-refractivity contribution in [3.63, 3.8) is 0 Å². The van der Waals surface area contributed by atoms with Crippen LogP contribution < -0.4 is 0 Å². The molecule has 0 fully saturated rings. The summed E-state index contributed by atoms with van der Waals surface area (Å²) in [5.74, 6) is -0.362.